The third-order valence-corrected chi connectivity index (χ3v) is 5.91. The molecule has 0 bridgehead atoms. The first-order valence-corrected chi connectivity index (χ1v) is 9.57. The number of hydrogen-bond donors (Lipinski definition) is 1. The normalized spacial score (nSPS) is 24.8. The van der Waals surface area contributed by atoms with Crippen LogP contribution in [-0.2, 0) is 4.79 Å². The van der Waals surface area contributed by atoms with E-state index in [9.17, 15) is 9.59 Å². The summed E-state index contributed by atoms with van der Waals surface area (Å²) in [7, 11) is 0. The molecule has 0 aromatic heterocycles. The summed E-state index contributed by atoms with van der Waals surface area (Å²) in [6.07, 6.45) is 6.52. The van der Waals surface area contributed by atoms with Crippen LogP contribution in [0, 0.1) is 11.8 Å². The number of anilines is 1. The maximum absolute atomic E-state index is 12.6. The lowest BCUT2D eigenvalue weighted by molar-refractivity contribution is -0.118. The van der Waals surface area contributed by atoms with Crippen LogP contribution < -0.4 is 14.8 Å². The highest BCUT2D eigenvalue weighted by Gasteiger charge is 2.31. The Morgan fingerprint density at radius 2 is 1.85 bits per heavy atom. The van der Waals surface area contributed by atoms with E-state index in [0.717, 1.165) is 24.9 Å². The summed E-state index contributed by atoms with van der Waals surface area (Å²) in [4.78, 5) is 26.8. The molecule has 6 nitrogen and oxygen atoms in total. The highest BCUT2D eigenvalue weighted by atomic mass is 16.7. The smallest absolute Gasteiger partial charge is 0.238 e. The number of amides is 1. The van der Waals surface area contributed by atoms with Crippen LogP contribution >= 0.6 is 0 Å². The molecule has 1 amide bonds. The number of ketones is 1. The zero-order valence-corrected chi connectivity index (χ0v) is 15.3. The molecule has 1 N–H and O–H groups in total. The van der Waals surface area contributed by atoms with Crippen LogP contribution in [0.1, 0.15) is 49.4 Å². The van der Waals surface area contributed by atoms with E-state index in [2.05, 4.69) is 10.2 Å². The number of carbonyl (C=O) groups excluding carboxylic acids is 2. The van der Waals surface area contributed by atoms with Crippen LogP contribution in [0.2, 0.25) is 0 Å². The number of ether oxygens (including phenoxy) is 2. The van der Waals surface area contributed by atoms with Gasteiger partial charge in [0.15, 0.2) is 17.3 Å². The predicted molar refractivity (Wildman–Crippen MR) is 97.7 cm³/mol. The minimum atomic E-state index is -0.110. The minimum absolute atomic E-state index is 0.0828. The number of fused-ring (bicyclic) bond motifs is 2. The minimum Gasteiger partial charge on any atom is -0.454 e. The summed E-state index contributed by atoms with van der Waals surface area (Å²) < 4.78 is 10.7. The van der Waals surface area contributed by atoms with Gasteiger partial charge in [0.2, 0.25) is 12.7 Å². The van der Waals surface area contributed by atoms with Crippen molar-refractivity contribution in [3.05, 3.63) is 17.7 Å². The number of rotatable bonds is 4. The van der Waals surface area contributed by atoms with E-state index in [4.69, 9.17) is 9.47 Å². The van der Waals surface area contributed by atoms with Gasteiger partial charge in [-0.3, -0.25) is 14.5 Å². The van der Waals surface area contributed by atoms with Gasteiger partial charge in [-0.2, -0.15) is 0 Å². The molecular weight excluding hydrogens is 332 g/mol. The summed E-state index contributed by atoms with van der Waals surface area (Å²) in [5, 5.41) is 2.90. The molecule has 2 atom stereocenters. The lowest BCUT2D eigenvalue weighted by Crippen LogP contribution is -2.44. The Kier molecular flexibility index (Phi) is 4.85. The fourth-order valence-corrected chi connectivity index (χ4v) is 4.55. The Morgan fingerprint density at radius 1 is 1.12 bits per heavy atom. The molecule has 1 aromatic rings. The largest absolute Gasteiger partial charge is 0.454 e. The molecule has 1 saturated carbocycles. The maximum atomic E-state index is 12.6. The van der Waals surface area contributed by atoms with Gasteiger partial charge in [0.25, 0.3) is 0 Å². The number of piperidine rings is 1. The SMILES string of the molecule is CC(=O)c1cc2c(cc1NC(=O)CN1CC[C@@H]3CCCC[C@@H]3C1)OCO2. The number of nitrogens with one attached hydrogen (secondary N) is 1. The zero-order valence-electron chi connectivity index (χ0n) is 15.3. The average molecular weight is 358 g/mol. The molecule has 0 spiro atoms. The van der Waals surface area contributed by atoms with E-state index in [1.807, 2.05) is 0 Å². The average Bonchev–Trinajstić information content (AvgIpc) is 3.08. The summed E-state index contributed by atoms with van der Waals surface area (Å²) in [6.45, 7) is 3.99. The van der Waals surface area contributed by atoms with Crippen molar-refractivity contribution in [2.45, 2.75) is 39.0 Å². The Balaban J connectivity index is 1.41. The maximum Gasteiger partial charge on any atom is 0.238 e. The fraction of sp³-hybridized carbons (Fsp3) is 0.600. The Morgan fingerprint density at radius 3 is 2.62 bits per heavy atom. The van der Waals surface area contributed by atoms with Crippen molar-refractivity contribution in [1.29, 1.82) is 0 Å². The topological polar surface area (TPSA) is 67.9 Å². The van der Waals surface area contributed by atoms with Crippen LogP contribution in [0.5, 0.6) is 11.5 Å². The standard InChI is InChI=1S/C20H26N2O4/c1-13(23)16-8-18-19(26-12-25-18)9-17(16)21-20(24)11-22-7-6-14-4-2-3-5-15(14)10-22/h8-9,14-15H,2-7,10-12H2,1H3,(H,21,24)/t14-,15+/m0/s1. The second-order valence-corrected chi connectivity index (χ2v) is 7.68. The van der Waals surface area contributed by atoms with Gasteiger partial charge in [-0.15, -0.1) is 0 Å². The van der Waals surface area contributed by atoms with E-state index in [1.54, 1.807) is 12.1 Å². The van der Waals surface area contributed by atoms with Crippen molar-refractivity contribution in [2.75, 3.05) is 31.7 Å². The number of benzene rings is 1. The number of nitrogens with zero attached hydrogens (tertiary/aromatic N) is 1. The van der Waals surface area contributed by atoms with Crippen LogP contribution in [0.15, 0.2) is 12.1 Å². The molecule has 2 aliphatic heterocycles. The van der Waals surface area contributed by atoms with E-state index in [-0.39, 0.29) is 18.5 Å². The summed E-state index contributed by atoms with van der Waals surface area (Å²) in [5.74, 6) is 2.51. The first-order chi connectivity index (χ1) is 12.6. The van der Waals surface area contributed by atoms with Crippen molar-refractivity contribution in [1.82, 2.24) is 4.90 Å². The lowest BCUT2D eigenvalue weighted by atomic mass is 9.75. The predicted octanol–water partition coefficient (Wildman–Crippen LogP) is 3.07. The van der Waals surface area contributed by atoms with E-state index in [1.165, 1.54) is 39.0 Å². The molecular formula is C20H26N2O4. The van der Waals surface area contributed by atoms with Gasteiger partial charge < -0.3 is 14.8 Å². The molecule has 140 valence electrons. The molecule has 6 heteroatoms. The van der Waals surface area contributed by atoms with Gasteiger partial charge in [0.1, 0.15) is 0 Å². The molecule has 0 radical (unpaired) electrons. The molecule has 0 unspecified atom stereocenters. The van der Waals surface area contributed by atoms with Gasteiger partial charge in [-0.05, 0) is 44.2 Å². The third-order valence-electron chi connectivity index (χ3n) is 5.91. The van der Waals surface area contributed by atoms with Gasteiger partial charge >= 0.3 is 0 Å². The van der Waals surface area contributed by atoms with Gasteiger partial charge in [-0.25, -0.2) is 0 Å². The molecule has 26 heavy (non-hydrogen) atoms. The van der Waals surface area contributed by atoms with E-state index >= 15 is 0 Å². The quantitative estimate of drug-likeness (QED) is 0.838. The summed E-state index contributed by atoms with van der Waals surface area (Å²) in [5.41, 5.74) is 0.952. The van der Waals surface area contributed by atoms with E-state index < -0.39 is 0 Å². The number of hydrogen-bond acceptors (Lipinski definition) is 5. The van der Waals surface area contributed by atoms with Crippen LogP contribution in [0.3, 0.4) is 0 Å². The molecule has 1 aromatic carbocycles. The first kappa shape index (κ1) is 17.3. The Labute approximate surface area is 153 Å². The Hall–Kier alpha value is -2.08. The Bertz CT molecular complexity index is 718. The van der Waals surface area contributed by atoms with Crippen molar-refractivity contribution >= 4 is 17.4 Å². The number of likely N-dealkylation sites (tertiary alicyclic amines) is 1. The third kappa shape index (κ3) is 3.56. The van der Waals surface area contributed by atoms with Crippen LogP contribution in [0.25, 0.3) is 0 Å². The van der Waals surface area contributed by atoms with Gasteiger partial charge in [0, 0.05) is 18.2 Å². The number of carbonyl (C=O) groups is 2. The molecule has 3 aliphatic rings. The van der Waals surface area contributed by atoms with Gasteiger partial charge in [-0.1, -0.05) is 19.3 Å². The van der Waals surface area contributed by atoms with Crippen LogP contribution in [0.4, 0.5) is 5.69 Å². The fourth-order valence-electron chi connectivity index (χ4n) is 4.55. The lowest BCUT2D eigenvalue weighted by Gasteiger charge is -2.41. The molecule has 1 aliphatic carbocycles. The summed E-state index contributed by atoms with van der Waals surface area (Å²) in [6, 6.07) is 3.33. The number of Topliss-reactive ketones (excluding diaryl/α,β-unsaturated/α-hetero) is 1. The van der Waals surface area contributed by atoms with Crippen molar-refractivity contribution < 1.29 is 19.1 Å². The highest BCUT2D eigenvalue weighted by molar-refractivity contribution is 6.05. The van der Waals surface area contributed by atoms with Gasteiger partial charge in [0.05, 0.1) is 12.2 Å². The van der Waals surface area contributed by atoms with E-state index in [0.29, 0.717) is 29.3 Å². The van der Waals surface area contributed by atoms with Crippen molar-refractivity contribution in [2.24, 2.45) is 11.8 Å². The molecule has 1 saturated heterocycles. The highest BCUT2D eigenvalue weighted by Crippen LogP contribution is 2.38. The summed E-state index contributed by atoms with van der Waals surface area (Å²) >= 11 is 0. The van der Waals surface area contributed by atoms with Crippen molar-refractivity contribution in [3.8, 4) is 11.5 Å². The molecule has 2 fully saturated rings. The molecule has 4 rings (SSSR count). The van der Waals surface area contributed by atoms with Crippen molar-refractivity contribution in [3.63, 3.8) is 0 Å². The second-order valence-electron chi connectivity index (χ2n) is 7.68. The zero-order chi connectivity index (χ0) is 18.1. The first-order valence-electron chi connectivity index (χ1n) is 9.57. The second kappa shape index (κ2) is 7.27. The van der Waals surface area contributed by atoms with Crippen LogP contribution in [-0.4, -0.2) is 43.0 Å². The monoisotopic (exact) mass is 358 g/mol. The molecule has 2 heterocycles.